The molecule has 3 nitrogen and oxygen atoms in total. The standard InChI is InChI=1S/C25H23BN2O/c1-18-8-10-19(11-9-18)20-12-14-22(15-13-20)26-27-23-6-2-4-21-5-3-7-24(25(21)23)28(26)16-17-29/h2-15,27,29H,16-17H2,1H3. The van der Waals surface area contributed by atoms with Crippen LogP contribution in [-0.2, 0) is 0 Å². The van der Waals surface area contributed by atoms with E-state index in [0.717, 1.165) is 5.69 Å². The van der Waals surface area contributed by atoms with Crippen LogP contribution in [0.15, 0.2) is 84.9 Å². The molecule has 0 aromatic heterocycles. The van der Waals surface area contributed by atoms with Gasteiger partial charge in [0, 0.05) is 23.3 Å². The summed E-state index contributed by atoms with van der Waals surface area (Å²) < 4.78 is 0. The second-order valence-corrected chi connectivity index (χ2v) is 7.63. The first-order valence-corrected chi connectivity index (χ1v) is 10.1. The highest BCUT2D eigenvalue weighted by Gasteiger charge is 2.32. The van der Waals surface area contributed by atoms with Crippen molar-refractivity contribution in [1.82, 2.24) is 0 Å². The summed E-state index contributed by atoms with van der Waals surface area (Å²) in [5, 5.41) is 15.9. The van der Waals surface area contributed by atoms with E-state index >= 15 is 0 Å². The van der Waals surface area contributed by atoms with Crippen LogP contribution >= 0.6 is 0 Å². The Hall–Kier alpha value is -3.24. The van der Waals surface area contributed by atoms with Crippen molar-refractivity contribution >= 4 is 34.6 Å². The lowest BCUT2D eigenvalue weighted by atomic mass is 9.63. The molecule has 0 spiro atoms. The maximum Gasteiger partial charge on any atom is 0.408 e. The number of nitrogens with one attached hydrogen (secondary N) is 1. The van der Waals surface area contributed by atoms with Crippen LogP contribution < -0.4 is 15.5 Å². The third-order valence-electron chi connectivity index (χ3n) is 5.75. The number of β-amino-alcohol motifs (C(OH)–C–C–N with tert-alkyl or cyclic N) is 1. The fraction of sp³-hybridized carbons (Fsp3) is 0.120. The first kappa shape index (κ1) is 17.8. The lowest BCUT2D eigenvalue weighted by Gasteiger charge is -2.37. The van der Waals surface area contributed by atoms with E-state index in [0.29, 0.717) is 6.54 Å². The van der Waals surface area contributed by atoms with E-state index in [9.17, 15) is 5.11 Å². The average molecular weight is 378 g/mol. The highest BCUT2D eigenvalue weighted by molar-refractivity contribution is 6.80. The van der Waals surface area contributed by atoms with Gasteiger partial charge in [-0.25, -0.2) is 0 Å². The summed E-state index contributed by atoms with van der Waals surface area (Å²) in [5.41, 5.74) is 7.19. The van der Waals surface area contributed by atoms with Gasteiger partial charge in [-0.2, -0.15) is 0 Å². The van der Waals surface area contributed by atoms with Gasteiger partial charge in [-0.3, -0.25) is 0 Å². The summed E-state index contributed by atoms with van der Waals surface area (Å²) in [6.07, 6.45) is 0. The monoisotopic (exact) mass is 378 g/mol. The number of aryl methyl sites for hydroxylation is 1. The van der Waals surface area contributed by atoms with Crippen molar-refractivity contribution in [3.63, 3.8) is 0 Å². The van der Waals surface area contributed by atoms with Gasteiger partial charge in [0.1, 0.15) is 0 Å². The van der Waals surface area contributed by atoms with Crippen LogP contribution in [0.4, 0.5) is 11.4 Å². The normalized spacial score (nSPS) is 12.9. The predicted molar refractivity (Wildman–Crippen MR) is 124 cm³/mol. The van der Waals surface area contributed by atoms with E-state index in [1.807, 2.05) is 0 Å². The third kappa shape index (κ3) is 3.16. The molecule has 142 valence electrons. The molecule has 4 aromatic rings. The van der Waals surface area contributed by atoms with Gasteiger partial charge in [-0.1, -0.05) is 78.4 Å². The Labute approximate surface area is 171 Å². The number of aliphatic hydroxyl groups is 1. The van der Waals surface area contributed by atoms with Gasteiger partial charge >= 0.3 is 6.98 Å². The van der Waals surface area contributed by atoms with E-state index in [4.69, 9.17) is 0 Å². The third-order valence-corrected chi connectivity index (χ3v) is 5.75. The van der Waals surface area contributed by atoms with Crippen LogP contribution in [-0.4, -0.2) is 25.2 Å². The lowest BCUT2D eigenvalue weighted by molar-refractivity contribution is 0.307. The maximum atomic E-state index is 9.73. The van der Waals surface area contributed by atoms with E-state index in [-0.39, 0.29) is 13.6 Å². The Balaban J connectivity index is 1.54. The molecule has 29 heavy (non-hydrogen) atoms. The topological polar surface area (TPSA) is 35.5 Å². The van der Waals surface area contributed by atoms with Gasteiger partial charge in [-0.05, 0) is 41.0 Å². The zero-order valence-corrected chi connectivity index (χ0v) is 16.5. The Bertz CT molecular complexity index is 1150. The second kappa shape index (κ2) is 7.30. The van der Waals surface area contributed by atoms with Gasteiger partial charge in [0.05, 0.1) is 6.61 Å². The molecule has 0 saturated heterocycles. The summed E-state index contributed by atoms with van der Waals surface area (Å²) in [6, 6.07) is 30.1. The van der Waals surface area contributed by atoms with Crippen molar-refractivity contribution in [2.45, 2.75) is 6.92 Å². The molecule has 5 rings (SSSR count). The summed E-state index contributed by atoms with van der Waals surface area (Å²) in [6.45, 7) is 2.77. The second-order valence-electron chi connectivity index (χ2n) is 7.63. The van der Waals surface area contributed by atoms with Crippen LogP contribution in [0.25, 0.3) is 21.9 Å². The fourth-order valence-electron chi connectivity index (χ4n) is 4.27. The molecule has 0 amide bonds. The zero-order chi connectivity index (χ0) is 19.8. The molecule has 1 aliphatic rings. The first-order valence-electron chi connectivity index (χ1n) is 10.1. The summed E-state index contributed by atoms with van der Waals surface area (Å²) in [4.78, 5) is 2.26. The number of aliphatic hydroxyl groups excluding tert-OH is 1. The van der Waals surface area contributed by atoms with Crippen LogP contribution in [0.5, 0.6) is 0 Å². The quantitative estimate of drug-likeness (QED) is 0.516. The minimum atomic E-state index is -0.0188. The zero-order valence-electron chi connectivity index (χ0n) is 16.5. The molecule has 4 aromatic carbocycles. The van der Waals surface area contributed by atoms with Crippen molar-refractivity contribution in [3.8, 4) is 11.1 Å². The minimum absolute atomic E-state index is 0.0188. The number of benzene rings is 4. The van der Waals surface area contributed by atoms with Gasteiger partial charge in [0.15, 0.2) is 0 Å². The molecule has 2 N–H and O–H groups in total. The van der Waals surface area contributed by atoms with E-state index in [2.05, 4.69) is 102 Å². The minimum Gasteiger partial charge on any atom is -0.405 e. The van der Waals surface area contributed by atoms with Gasteiger partial charge in [-0.15, -0.1) is 0 Å². The van der Waals surface area contributed by atoms with E-state index < -0.39 is 0 Å². The highest BCUT2D eigenvalue weighted by atomic mass is 16.3. The Morgan fingerprint density at radius 2 is 1.48 bits per heavy atom. The lowest BCUT2D eigenvalue weighted by Crippen LogP contribution is -2.57. The van der Waals surface area contributed by atoms with Gasteiger partial charge in [0.2, 0.25) is 0 Å². The van der Waals surface area contributed by atoms with Crippen molar-refractivity contribution in [2.75, 3.05) is 23.2 Å². The van der Waals surface area contributed by atoms with Crippen molar-refractivity contribution in [3.05, 3.63) is 90.5 Å². The molecule has 1 aliphatic heterocycles. The molecular formula is C25H23BN2O. The van der Waals surface area contributed by atoms with Crippen LogP contribution in [0, 0.1) is 6.92 Å². The SMILES string of the molecule is Cc1ccc(-c2ccc(B3Nc4cccc5cccc(c45)N3CCO)cc2)cc1. The average Bonchev–Trinajstić information content (AvgIpc) is 2.76. The number of hydrogen-bond acceptors (Lipinski definition) is 3. The predicted octanol–water partition coefficient (Wildman–Crippen LogP) is 4.43. The van der Waals surface area contributed by atoms with Crippen LogP contribution in [0.1, 0.15) is 5.56 Å². The number of anilines is 2. The Morgan fingerprint density at radius 3 is 2.17 bits per heavy atom. The Morgan fingerprint density at radius 1 is 0.828 bits per heavy atom. The molecule has 0 unspecified atom stereocenters. The number of hydrogen-bond donors (Lipinski definition) is 2. The number of rotatable bonds is 4. The van der Waals surface area contributed by atoms with Crippen LogP contribution in [0.3, 0.4) is 0 Å². The first-order chi connectivity index (χ1) is 14.2. The van der Waals surface area contributed by atoms with Crippen molar-refractivity contribution < 1.29 is 5.11 Å². The Kier molecular flexibility index (Phi) is 4.49. The van der Waals surface area contributed by atoms with Gasteiger partial charge in [0.25, 0.3) is 0 Å². The molecule has 0 aliphatic carbocycles. The van der Waals surface area contributed by atoms with Gasteiger partial charge < -0.3 is 15.1 Å². The van der Waals surface area contributed by atoms with E-state index in [1.165, 1.54) is 38.6 Å². The van der Waals surface area contributed by atoms with Crippen molar-refractivity contribution in [1.29, 1.82) is 0 Å². The summed E-state index contributed by atoms with van der Waals surface area (Å²) in [5.74, 6) is 0. The molecule has 4 heteroatoms. The molecular weight excluding hydrogens is 355 g/mol. The summed E-state index contributed by atoms with van der Waals surface area (Å²) in [7, 11) is 0. The summed E-state index contributed by atoms with van der Waals surface area (Å²) >= 11 is 0. The maximum absolute atomic E-state index is 9.73. The molecule has 0 atom stereocenters. The smallest absolute Gasteiger partial charge is 0.405 e. The number of nitrogens with zero attached hydrogens (tertiary/aromatic N) is 1. The molecule has 0 saturated carbocycles. The van der Waals surface area contributed by atoms with E-state index in [1.54, 1.807) is 0 Å². The van der Waals surface area contributed by atoms with Crippen molar-refractivity contribution in [2.24, 2.45) is 0 Å². The fourth-order valence-corrected chi connectivity index (χ4v) is 4.27. The largest absolute Gasteiger partial charge is 0.408 e. The van der Waals surface area contributed by atoms with Crippen LogP contribution in [0.2, 0.25) is 0 Å². The molecule has 1 heterocycles. The highest BCUT2D eigenvalue weighted by Crippen LogP contribution is 2.37. The molecule has 0 bridgehead atoms. The molecule has 0 fully saturated rings. The molecule has 0 radical (unpaired) electrons.